The first-order valence-electron chi connectivity index (χ1n) is 5.68. The van der Waals surface area contributed by atoms with Crippen LogP contribution in [0.2, 0.25) is 0 Å². The van der Waals surface area contributed by atoms with Crippen molar-refractivity contribution in [2.45, 2.75) is 39.3 Å². The van der Waals surface area contributed by atoms with E-state index in [4.69, 9.17) is 5.11 Å². The summed E-state index contributed by atoms with van der Waals surface area (Å²) in [6.45, 7) is 5.92. The van der Waals surface area contributed by atoms with Crippen LogP contribution in [-0.4, -0.2) is 49.5 Å². The Kier molecular flexibility index (Phi) is 4.05. The molecule has 0 aliphatic rings. The lowest BCUT2D eigenvalue weighted by atomic mass is 10.00. The van der Waals surface area contributed by atoms with Crippen LogP contribution in [0.1, 0.15) is 37.7 Å². The summed E-state index contributed by atoms with van der Waals surface area (Å²) in [6, 6.07) is 0. The molecule has 0 saturated heterocycles. The van der Waals surface area contributed by atoms with Gasteiger partial charge in [-0.3, -0.25) is 4.79 Å². The van der Waals surface area contributed by atoms with Gasteiger partial charge in [0.2, 0.25) is 5.91 Å². The predicted molar refractivity (Wildman–Crippen MR) is 64.1 cm³/mol. The SMILES string of the molecule is CCC(C)(C)N(C)C(=O)Cn1cc(C(=O)O)nn1. The Morgan fingerprint density at radius 2 is 2.11 bits per heavy atom. The van der Waals surface area contributed by atoms with Gasteiger partial charge in [-0.2, -0.15) is 0 Å². The lowest BCUT2D eigenvalue weighted by Gasteiger charge is -2.34. The summed E-state index contributed by atoms with van der Waals surface area (Å²) in [5.41, 5.74) is -0.409. The first kappa shape index (κ1) is 14.1. The Bertz CT molecular complexity index is 453. The highest BCUT2D eigenvalue weighted by molar-refractivity contribution is 5.84. The van der Waals surface area contributed by atoms with Crippen molar-refractivity contribution in [1.82, 2.24) is 19.9 Å². The molecule has 0 aliphatic carbocycles. The summed E-state index contributed by atoms with van der Waals surface area (Å²) in [7, 11) is 1.72. The number of carboxylic acids is 1. The fourth-order valence-electron chi connectivity index (χ4n) is 1.29. The Morgan fingerprint density at radius 3 is 2.56 bits per heavy atom. The molecule has 1 rings (SSSR count). The van der Waals surface area contributed by atoms with E-state index in [1.807, 2.05) is 20.8 Å². The summed E-state index contributed by atoms with van der Waals surface area (Å²) >= 11 is 0. The molecule has 0 radical (unpaired) electrons. The van der Waals surface area contributed by atoms with Gasteiger partial charge in [-0.1, -0.05) is 12.1 Å². The molecule has 0 spiro atoms. The van der Waals surface area contributed by atoms with Crippen LogP contribution in [0.15, 0.2) is 6.20 Å². The highest BCUT2D eigenvalue weighted by atomic mass is 16.4. The van der Waals surface area contributed by atoms with Crippen LogP contribution in [0, 0.1) is 0 Å². The largest absolute Gasteiger partial charge is 0.476 e. The number of carbonyl (C=O) groups is 2. The van der Waals surface area contributed by atoms with E-state index in [0.717, 1.165) is 6.42 Å². The molecule has 0 aliphatic heterocycles. The fourth-order valence-corrected chi connectivity index (χ4v) is 1.29. The molecule has 1 amide bonds. The molecule has 0 saturated carbocycles. The van der Waals surface area contributed by atoms with Gasteiger partial charge in [-0.25, -0.2) is 9.48 Å². The van der Waals surface area contributed by atoms with Crippen LogP contribution >= 0.6 is 0 Å². The van der Waals surface area contributed by atoms with Gasteiger partial charge in [0.15, 0.2) is 5.69 Å². The lowest BCUT2D eigenvalue weighted by Crippen LogP contribution is -2.45. The maximum Gasteiger partial charge on any atom is 0.358 e. The second kappa shape index (κ2) is 5.16. The Morgan fingerprint density at radius 1 is 1.50 bits per heavy atom. The predicted octanol–water partition coefficient (Wildman–Crippen LogP) is 0.623. The topological polar surface area (TPSA) is 88.3 Å². The zero-order chi connectivity index (χ0) is 13.9. The second-order valence-corrected chi connectivity index (χ2v) is 4.73. The summed E-state index contributed by atoms with van der Waals surface area (Å²) in [4.78, 5) is 24.2. The highest BCUT2D eigenvalue weighted by Gasteiger charge is 2.25. The van der Waals surface area contributed by atoms with Crippen LogP contribution in [0.4, 0.5) is 0 Å². The van der Waals surface area contributed by atoms with E-state index < -0.39 is 5.97 Å². The van der Waals surface area contributed by atoms with Gasteiger partial charge in [0.1, 0.15) is 6.54 Å². The van der Waals surface area contributed by atoms with E-state index >= 15 is 0 Å². The Labute approximate surface area is 105 Å². The van der Waals surface area contributed by atoms with Gasteiger partial charge in [0, 0.05) is 12.6 Å². The van der Waals surface area contributed by atoms with Crippen LogP contribution in [0.5, 0.6) is 0 Å². The van der Waals surface area contributed by atoms with E-state index in [9.17, 15) is 9.59 Å². The quantitative estimate of drug-likeness (QED) is 0.832. The van der Waals surface area contributed by atoms with Gasteiger partial charge in [-0.15, -0.1) is 5.10 Å². The molecule has 1 heterocycles. The number of carbonyl (C=O) groups excluding carboxylic acids is 1. The number of likely N-dealkylation sites (N-methyl/N-ethyl adjacent to an activating group) is 1. The van der Waals surface area contributed by atoms with E-state index in [0.29, 0.717) is 0 Å². The van der Waals surface area contributed by atoms with Crippen LogP contribution in [0.3, 0.4) is 0 Å². The van der Waals surface area contributed by atoms with Crippen molar-refractivity contribution < 1.29 is 14.7 Å². The van der Waals surface area contributed by atoms with Crippen molar-refractivity contribution in [1.29, 1.82) is 0 Å². The van der Waals surface area contributed by atoms with E-state index in [1.54, 1.807) is 11.9 Å². The van der Waals surface area contributed by atoms with E-state index in [2.05, 4.69) is 10.3 Å². The number of hydrogen-bond acceptors (Lipinski definition) is 4. The molecule has 0 atom stereocenters. The molecule has 0 fully saturated rings. The average molecular weight is 254 g/mol. The van der Waals surface area contributed by atoms with Crippen molar-refractivity contribution in [3.63, 3.8) is 0 Å². The van der Waals surface area contributed by atoms with Crippen molar-refractivity contribution in [3.8, 4) is 0 Å². The molecular formula is C11H18N4O3. The van der Waals surface area contributed by atoms with Crippen molar-refractivity contribution in [3.05, 3.63) is 11.9 Å². The molecule has 1 N–H and O–H groups in total. The highest BCUT2D eigenvalue weighted by Crippen LogP contribution is 2.16. The summed E-state index contributed by atoms with van der Waals surface area (Å²) < 4.78 is 1.23. The third-order valence-electron chi connectivity index (χ3n) is 3.20. The number of rotatable bonds is 5. The number of aromatic carboxylic acids is 1. The van der Waals surface area contributed by atoms with Gasteiger partial charge >= 0.3 is 5.97 Å². The molecule has 7 heteroatoms. The average Bonchev–Trinajstić information content (AvgIpc) is 2.76. The molecule has 1 aromatic rings. The third-order valence-corrected chi connectivity index (χ3v) is 3.20. The Balaban J connectivity index is 2.72. The third kappa shape index (κ3) is 3.06. The molecule has 0 unspecified atom stereocenters. The minimum Gasteiger partial charge on any atom is -0.476 e. The maximum absolute atomic E-state index is 12.0. The first-order chi connectivity index (χ1) is 8.27. The summed E-state index contributed by atoms with van der Waals surface area (Å²) in [6.07, 6.45) is 2.07. The number of nitrogens with zero attached hydrogens (tertiary/aromatic N) is 4. The van der Waals surface area contributed by atoms with Gasteiger partial charge in [0.25, 0.3) is 0 Å². The van der Waals surface area contributed by atoms with Crippen molar-refractivity contribution >= 4 is 11.9 Å². The van der Waals surface area contributed by atoms with Crippen LogP contribution < -0.4 is 0 Å². The molecule has 1 aromatic heterocycles. The molecule has 0 bridgehead atoms. The summed E-state index contributed by atoms with van der Waals surface area (Å²) in [5.74, 6) is -1.29. The smallest absolute Gasteiger partial charge is 0.358 e. The summed E-state index contributed by atoms with van der Waals surface area (Å²) in [5, 5.41) is 15.8. The minimum atomic E-state index is -1.16. The number of amides is 1. The lowest BCUT2D eigenvalue weighted by molar-refractivity contribution is -0.135. The zero-order valence-corrected chi connectivity index (χ0v) is 11.0. The molecule has 0 aromatic carbocycles. The standard InChI is InChI=1S/C11H18N4O3/c1-5-11(2,3)14(4)9(16)7-15-6-8(10(17)18)12-13-15/h6H,5,7H2,1-4H3,(H,17,18). The maximum atomic E-state index is 12.0. The van der Waals surface area contributed by atoms with Crippen molar-refractivity contribution in [2.75, 3.05) is 7.05 Å². The normalized spacial score (nSPS) is 11.3. The van der Waals surface area contributed by atoms with Gasteiger partial charge in [0.05, 0.1) is 6.20 Å². The Hall–Kier alpha value is -1.92. The molecule has 7 nitrogen and oxygen atoms in total. The number of carboxylic acid groups (broad SMARTS) is 1. The zero-order valence-electron chi connectivity index (χ0n) is 11.0. The molecular weight excluding hydrogens is 236 g/mol. The fraction of sp³-hybridized carbons (Fsp3) is 0.636. The minimum absolute atomic E-state index is 0.0137. The van der Waals surface area contributed by atoms with Gasteiger partial charge in [-0.05, 0) is 20.3 Å². The van der Waals surface area contributed by atoms with Crippen LogP contribution in [-0.2, 0) is 11.3 Å². The monoisotopic (exact) mass is 254 g/mol. The van der Waals surface area contributed by atoms with E-state index in [1.165, 1.54) is 10.9 Å². The molecule has 100 valence electrons. The van der Waals surface area contributed by atoms with Gasteiger partial charge < -0.3 is 10.0 Å². The van der Waals surface area contributed by atoms with Crippen LogP contribution in [0.25, 0.3) is 0 Å². The number of aromatic nitrogens is 3. The van der Waals surface area contributed by atoms with Crippen molar-refractivity contribution in [2.24, 2.45) is 0 Å². The van der Waals surface area contributed by atoms with E-state index in [-0.39, 0.29) is 23.7 Å². The number of hydrogen-bond donors (Lipinski definition) is 1. The first-order valence-corrected chi connectivity index (χ1v) is 5.68. The second-order valence-electron chi connectivity index (χ2n) is 4.73. The molecule has 18 heavy (non-hydrogen) atoms.